The first-order valence-corrected chi connectivity index (χ1v) is 18.7. The maximum absolute atomic E-state index is 6.50. The van der Waals surface area contributed by atoms with E-state index in [2.05, 4.69) is 58.5 Å². The Labute approximate surface area is 329 Å². The van der Waals surface area contributed by atoms with Gasteiger partial charge in [-0.05, 0) is 77.9 Å². The number of hydrogen-bond donors (Lipinski definition) is 0. The van der Waals surface area contributed by atoms with Crippen LogP contribution in [0.3, 0.4) is 0 Å². The molecule has 0 aliphatic carbocycles. The summed E-state index contributed by atoms with van der Waals surface area (Å²) in [6, 6.07) is 58.8. The molecular formula is C50H33N5O2. The standard InChI is InChI=1S/C50H33N5O2/c1-3-10-34(11-4-1)38-18-24-46(53-32-38)36-14-7-16-40(28-36)56-42-20-22-44-45-23-21-43(31-49(45)55(48(44)30-42)50-51-26-9-27-52-50)57-41-17-8-15-37(29-41)47-25-19-39(33-54-47)35-12-5-2-6-13-35/h1-33H. The Balaban J connectivity index is 0.950. The first-order chi connectivity index (χ1) is 28.2. The van der Waals surface area contributed by atoms with Crippen LogP contribution in [0.5, 0.6) is 23.0 Å². The molecule has 0 unspecified atom stereocenters. The van der Waals surface area contributed by atoms with Crippen molar-refractivity contribution >= 4 is 21.8 Å². The molecule has 0 fully saturated rings. The minimum Gasteiger partial charge on any atom is -0.457 e. The van der Waals surface area contributed by atoms with Gasteiger partial charge in [0.1, 0.15) is 23.0 Å². The molecule has 7 nitrogen and oxygen atoms in total. The summed E-state index contributed by atoms with van der Waals surface area (Å²) >= 11 is 0. The number of rotatable bonds is 9. The molecule has 0 saturated carbocycles. The maximum Gasteiger partial charge on any atom is 0.234 e. The highest BCUT2D eigenvalue weighted by molar-refractivity contribution is 6.09. The highest BCUT2D eigenvalue weighted by Gasteiger charge is 2.17. The molecule has 6 aromatic carbocycles. The van der Waals surface area contributed by atoms with Gasteiger partial charge in [0, 0.05) is 69.9 Å². The average molecular weight is 736 g/mol. The monoisotopic (exact) mass is 735 g/mol. The van der Waals surface area contributed by atoms with Crippen molar-refractivity contribution in [2.45, 2.75) is 0 Å². The lowest BCUT2D eigenvalue weighted by Crippen LogP contribution is -2.00. The first-order valence-electron chi connectivity index (χ1n) is 18.7. The maximum atomic E-state index is 6.50. The van der Waals surface area contributed by atoms with Gasteiger partial charge in [-0.2, -0.15) is 0 Å². The van der Waals surface area contributed by atoms with Crippen LogP contribution in [0, 0.1) is 0 Å². The molecule has 4 heterocycles. The summed E-state index contributed by atoms with van der Waals surface area (Å²) < 4.78 is 15.0. The van der Waals surface area contributed by atoms with Crippen molar-refractivity contribution in [1.82, 2.24) is 24.5 Å². The zero-order valence-corrected chi connectivity index (χ0v) is 30.6. The van der Waals surface area contributed by atoms with Crippen LogP contribution in [-0.4, -0.2) is 24.5 Å². The largest absolute Gasteiger partial charge is 0.457 e. The van der Waals surface area contributed by atoms with Crippen molar-refractivity contribution < 1.29 is 9.47 Å². The molecule has 0 aliphatic rings. The number of fused-ring (bicyclic) bond motifs is 3. The summed E-state index contributed by atoms with van der Waals surface area (Å²) in [7, 11) is 0. The fourth-order valence-corrected chi connectivity index (χ4v) is 7.17. The molecule has 10 rings (SSSR count). The smallest absolute Gasteiger partial charge is 0.234 e. The SMILES string of the molecule is c1ccc(-c2ccc(-c3cccc(Oc4ccc5c6ccc(Oc7cccc(-c8ccc(-c9ccccc9)cn8)c7)cc6n(-c6ncccn6)c5c4)c3)nc2)cc1. The van der Waals surface area contributed by atoms with Gasteiger partial charge in [0.15, 0.2) is 0 Å². The van der Waals surface area contributed by atoms with E-state index in [0.717, 1.165) is 66.6 Å². The van der Waals surface area contributed by atoms with Crippen molar-refractivity contribution in [3.63, 3.8) is 0 Å². The van der Waals surface area contributed by atoms with Crippen LogP contribution >= 0.6 is 0 Å². The Morgan fingerprint density at radius 1 is 0.333 bits per heavy atom. The van der Waals surface area contributed by atoms with E-state index >= 15 is 0 Å². The molecule has 57 heavy (non-hydrogen) atoms. The molecule has 0 bridgehead atoms. The molecule has 0 atom stereocenters. The minimum atomic E-state index is 0.547. The van der Waals surface area contributed by atoms with Crippen LogP contribution in [0.4, 0.5) is 0 Å². The molecule has 0 saturated heterocycles. The lowest BCUT2D eigenvalue weighted by Gasteiger charge is -2.10. The zero-order valence-electron chi connectivity index (χ0n) is 30.6. The molecule has 0 N–H and O–H groups in total. The Kier molecular flexibility index (Phi) is 8.70. The molecule has 0 spiro atoms. The van der Waals surface area contributed by atoms with Gasteiger partial charge >= 0.3 is 0 Å². The topological polar surface area (TPSA) is 75.0 Å². The summed E-state index contributed by atoms with van der Waals surface area (Å²) in [6.07, 6.45) is 7.32. The lowest BCUT2D eigenvalue weighted by molar-refractivity contribution is 0.483. The Bertz CT molecular complexity index is 2800. The zero-order chi connectivity index (χ0) is 38.0. The second-order valence-electron chi connectivity index (χ2n) is 13.6. The number of ether oxygens (including phenoxy) is 2. The second-order valence-corrected chi connectivity index (χ2v) is 13.6. The average Bonchev–Trinajstić information content (AvgIpc) is 3.60. The van der Waals surface area contributed by atoms with Crippen LogP contribution < -0.4 is 9.47 Å². The number of nitrogens with zero attached hydrogens (tertiary/aromatic N) is 5. The first kappa shape index (κ1) is 33.7. The highest BCUT2D eigenvalue weighted by atomic mass is 16.5. The van der Waals surface area contributed by atoms with Crippen LogP contribution in [-0.2, 0) is 0 Å². The van der Waals surface area contributed by atoms with Crippen molar-refractivity contribution in [3.8, 4) is 73.7 Å². The van der Waals surface area contributed by atoms with E-state index in [-0.39, 0.29) is 0 Å². The minimum absolute atomic E-state index is 0.547. The lowest BCUT2D eigenvalue weighted by atomic mass is 10.1. The molecule has 0 radical (unpaired) electrons. The van der Waals surface area contributed by atoms with E-state index in [1.165, 1.54) is 0 Å². The third-order valence-electron chi connectivity index (χ3n) is 9.93. The molecule has 10 aromatic rings. The summed E-state index contributed by atoms with van der Waals surface area (Å²) in [6.45, 7) is 0. The Hall–Kier alpha value is -7.90. The Morgan fingerprint density at radius 2 is 0.789 bits per heavy atom. The van der Waals surface area contributed by atoms with Gasteiger partial charge in [-0.25, -0.2) is 9.97 Å². The fraction of sp³-hybridized carbons (Fsp3) is 0. The van der Waals surface area contributed by atoms with E-state index in [9.17, 15) is 0 Å². The van der Waals surface area contributed by atoms with Crippen molar-refractivity contribution in [2.24, 2.45) is 0 Å². The summed E-state index contributed by atoms with van der Waals surface area (Å²) in [4.78, 5) is 18.8. The van der Waals surface area contributed by atoms with Crippen molar-refractivity contribution in [3.05, 3.63) is 201 Å². The number of hydrogen-bond acceptors (Lipinski definition) is 6. The Morgan fingerprint density at radius 3 is 1.25 bits per heavy atom. The molecular weight excluding hydrogens is 703 g/mol. The normalized spacial score (nSPS) is 11.2. The van der Waals surface area contributed by atoms with Crippen molar-refractivity contribution in [2.75, 3.05) is 0 Å². The molecule has 0 amide bonds. The second kappa shape index (κ2) is 14.7. The number of aromatic nitrogens is 5. The predicted molar refractivity (Wildman–Crippen MR) is 227 cm³/mol. The summed E-state index contributed by atoms with van der Waals surface area (Å²) in [5.41, 5.74) is 9.91. The van der Waals surface area contributed by atoms with Gasteiger partial charge in [0.25, 0.3) is 0 Å². The van der Waals surface area contributed by atoms with E-state index < -0.39 is 0 Å². The quantitative estimate of drug-likeness (QED) is 0.147. The van der Waals surface area contributed by atoms with E-state index in [0.29, 0.717) is 28.9 Å². The van der Waals surface area contributed by atoms with E-state index in [1.54, 1.807) is 12.4 Å². The van der Waals surface area contributed by atoms with E-state index in [1.807, 2.05) is 144 Å². The van der Waals surface area contributed by atoms with Gasteiger partial charge in [0.05, 0.1) is 22.4 Å². The molecule has 0 aliphatic heterocycles. The summed E-state index contributed by atoms with van der Waals surface area (Å²) in [5, 5.41) is 2.08. The van der Waals surface area contributed by atoms with Gasteiger partial charge in [0.2, 0.25) is 5.95 Å². The fourth-order valence-electron chi connectivity index (χ4n) is 7.17. The van der Waals surface area contributed by atoms with Crippen LogP contribution in [0.15, 0.2) is 201 Å². The highest BCUT2D eigenvalue weighted by Crippen LogP contribution is 2.38. The van der Waals surface area contributed by atoms with Crippen LogP contribution in [0.2, 0.25) is 0 Å². The van der Waals surface area contributed by atoms with Gasteiger partial charge in [-0.1, -0.05) is 97.1 Å². The van der Waals surface area contributed by atoms with Gasteiger partial charge in [-0.15, -0.1) is 0 Å². The summed E-state index contributed by atoms with van der Waals surface area (Å²) in [5.74, 6) is 3.33. The van der Waals surface area contributed by atoms with Gasteiger partial charge in [-0.3, -0.25) is 14.5 Å². The number of pyridine rings is 2. The molecule has 270 valence electrons. The van der Waals surface area contributed by atoms with E-state index in [4.69, 9.17) is 19.4 Å². The van der Waals surface area contributed by atoms with Crippen LogP contribution in [0.1, 0.15) is 0 Å². The molecule has 7 heteroatoms. The third kappa shape index (κ3) is 6.86. The molecule has 4 aromatic heterocycles. The van der Waals surface area contributed by atoms with Crippen LogP contribution in [0.25, 0.3) is 72.5 Å². The predicted octanol–water partition coefficient (Wildman–Crippen LogP) is 12.6. The van der Waals surface area contributed by atoms with Crippen molar-refractivity contribution in [1.29, 1.82) is 0 Å². The third-order valence-corrected chi connectivity index (χ3v) is 9.93. The van der Waals surface area contributed by atoms with Gasteiger partial charge < -0.3 is 9.47 Å². The number of benzene rings is 6.